The fraction of sp³-hybridized carbons (Fsp3) is 0.769. The van der Waals surface area contributed by atoms with Crippen LogP contribution in [0.2, 0.25) is 0 Å². The molecule has 1 aliphatic carbocycles. The molecular formula is C13H23N3O. The van der Waals surface area contributed by atoms with Crippen molar-refractivity contribution in [1.29, 1.82) is 0 Å². The first kappa shape index (κ1) is 12.6. The molecule has 1 aliphatic rings. The number of aliphatic hydroxyl groups is 1. The van der Waals surface area contributed by atoms with Crippen LogP contribution in [-0.2, 0) is 7.05 Å². The molecule has 0 saturated heterocycles. The van der Waals surface area contributed by atoms with E-state index in [9.17, 15) is 5.11 Å². The predicted molar refractivity (Wildman–Crippen MR) is 67.6 cm³/mol. The minimum Gasteiger partial charge on any atom is -0.396 e. The average molecular weight is 237 g/mol. The Balaban J connectivity index is 1.91. The molecule has 1 saturated carbocycles. The number of aryl methyl sites for hydroxylation is 1. The van der Waals surface area contributed by atoms with Crippen molar-refractivity contribution in [3.8, 4) is 0 Å². The largest absolute Gasteiger partial charge is 0.396 e. The van der Waals surface area contributed by atoms with E-state index >= 15 is 0 Å². The highest BCUT2D eigenvalue weighted by Gasteiger charge is 2.33. The fourth-order valence-electron chi connectivity index (χ4n) is 2.77. The third-order valence-corrected chi connectivity index (χ3v) is 4.03. The van der Waals surface area contributed by atoms with Gasteiger partial charge in [0.05, 0.1) is 6.04 Å². The number of hydrogen-bond acceptors (Lipinski definition) is 3. The topological polar surface area (TPSA) is 50.1 Å². The van der Waals surface area contributed by atoms with Crippen LogP contribution in [0.4, 0.5) is 0 Å². The molecule has 2 rings (SSSR count). The van der Waals surface area contributed by atoms with Crippen molar-refractivity contribution in [3.63, 3.8) is 0 Å². The predicted octanol–water partition coefficient (Wildman–Crippen LogP) is 1.62. The molecule has 1 aromatic rings. The number of rotatable bonds is 5. The zero-order chi connectivity index (χ0) is 12.3. The number of nitrogens with one attached hydrogen (secondary N) is 1. The van der Waals surface area contributed by atoms with E-state index in [0.29, 0.717) is 6.61 Å². The van der Waals surface area contributed by atoms with Crippen LogP contribution < -0.4 is 5.32 Å². The normalized spacial score (nSPS) is 20.6. The molecule has 17 heavy (non-hydrogen) atoms. The molecule has 0 amide bonds. The van der Waals surface area contributed by atoms with Gasteiger partial charge in [-0.3, -0.25) is 0 Å². The van der Waals surface area contributed by atoms with E-state index in [0.717, 1.165) is 25.2 Å². The Bertz CT molecular complexity index is 355. The maximum absolute atomic E-state index is 9.55. The van der Waals surface area contributed by atoms with Gasteiger partial charge < -0.3 is 15.0 Å². The minimum atomic E-state index is 0.111. The van der Waals surface area contributed by atoms with E-state index in [1.807, 2.05) is 24.0 Å². The molecule has 0 aromatic carbocycles. The molecule has 4 heteroatoms. The highest BCUT2D eigenvalue weighted by atomic mass is 16.3. The van der Waals surface area contributed by atoms with Crippen molar-refractivity contribution in [1.82, 2.24) is 14.9 Å². The summed E-state index contributed by atoms with van der Waals surface area (Å²) in [6.07, 6.45) is 8.57. The molecule has 1 unspecified atom stereocenters. The van der Waals surface area contributed by atoms with Crippen molar-refractivity contribution < 1.29 is 5.11 Å². The Morgan fingerprint density at radius 3 is 2.76 bits per heavy atom. The zero-order valence-electron chi connectivity index (χ0n) is 10.8. The summed E-state index contributed by atoms with van der Waals surface area (Å²) in [5, 5.41) is 13.1. The van der Waals surface area contributed by atoms with Crippen molar-refractivity contribution in [2.45, 2.75) is 38.6 Å². The van der Waals surface area contributed by atoms with Crippen LogP contribution >= 0.6 is 0 Å². The van der Waals surface area contributed by atoms with Crippen LogP contribution in [0.5, 0.6) is 0 Å². The molecule has 1 atom stereocenters. The van der Waals surface area contributed by atoms with Crippen molar-refractivity contribution in [2.75, 3.05) is 13.2 Å². The van der Waals surface area contributed by atoms with Gasteiger partial charge >= 0.3 is 0 Å². The Hall–Kier alpha value is -0.870. The van der Waals surface area contributed by atoms with Gasteiger partial charge in [0.15, 0.2) is 0 Å². The van der Waals surface area contributed by atoms with Gasteiger partial charge in [-0.2, -0.15) is 0 Å². The van der Waals surface area contributed by atoms with Gasteiger partial charge in [0.2, 0.25) is 0 Å². The third-order valence-electron chi connectivity index (χ3n) is 4.03. The number of nitrogens with zero attached hydrogens (tertiary/aromatic N) is 2. The lowest BCUT2D eigenvalue weighted by Gasteiger charge is -2.28. The van der Waals surface area contributed by atoms with Gasteiger partial charge in [-0.25, -0.2) is 4.98 Å². The summed E-state index contributed by atoms with van der Waals surface area (Å²) in [5.74, 6) is 1.05. The molecule has 1 heterocycles. The van der Waals surface area contributed by atoms with Crippen LogP contribution in [0, 0.1) is 5.41 Å². The first-order chi connectivity index (χ1) is 8.17. The van der Waals surface area contributed by atoms with E-state index in [1.165, 1.54) is 12.8 Å². The smallest absolute Gasteiger partial charge is 0.125 e. The number of hydrogen-bond donors (Lipinski definition) is 2. The van der Waals surface area contributed by atoms with Gasteiger partial charge in [-0.15, -0.1) is 0 Å². The van der Waals surface area contributed by atoms with Gasteiger partial charge in [0.25, 0.3) is 0 Å². The molecule has 4 nitrogen and oxygen atoms in total. The Kier molecular flexibility index (Phi) is 3.84. The molecule has 1 aromatic heterocycles. The molecule has 1 fully saturated rings. The summed E-state index contributed by atoms with van der Waals surface area (Å²) < 4.78 is 2.04. The number of aliphatic hydroxyl groups excluding tert-OH is 1. The van der Waals surface area contributed by atoms with E-state index in [1.54, 1.807) is 0 Å². The zero-order valence-corrected chi connectivity index (χ0v) is 10.8. The minimum absolute atomic E-state index is 0.111. The van der Waals surface area contributed by atoms with Crippen LogP contribution in [0.25, 0.3) is 0 Å². The lowest BCUT2D eigenvalue weighted by Crippen LogP contribution is -2.37. The number of aromatic nitrogens is 2. The second-order valence-corrected chi connectivity index (χ2v) is 5.36. The van der Waals surface area contributed by atoms with Crippen LogP contribution in [0.15, 0.2) is 12.4 Å². The van der Waals surface area contributed by atoms with Crippen LogP contribution in [-0.4, -0.2) is 27.8 Å². The Labute approximate surface area is 103 Å². The molecule has 0 radical (unpaired) electrons. The van der Waals surface area contributed by atoms with E-state index < -0.39 is 0 Å². The second kappa shape index (κ2) is 5.19. The van der Waals surface area contributed by atoms with E-state index in [4.69, 9.17) is 0 Å². The standard InChI is InChI=1S/C13H23N3O/c1-11(12-14-7-8-16(12)2)15-9-13(10-17)5-3-4-6-13/h7-8,11,15,17H,3-6,9-10H2,1-2H3. The van der Waals surface area contributed by atoms with Gasteiger partial charge in [-0.1, -0.05) is 12.8 Å². The maximum Gasteiger partial charge on any atom is 0.125 e. The molecule has 0 spiro atoms. The molecule has 0 bridgehead atoms. The maximum atomic E-state index is 9.55. The number of imidazole rings is 1. The van der Waals surface area contributed by atoms with Crippen LogP contribution in [0.3, 0.4) is 0 Å². The summed E-state index contributed by atoms with van der Waals surface area (Å²) in [5.41, 5.74) is 0.111. The van der Waals surface area contributed by atoms with Crippen molar-refractivity contribution >= 4 is 0 Å². The lowest BCUT2D eigenvalue weighted by atomic mass is 9.87. The quantitative estimate of drug-likeness (QED) is 0.818. The summed E-state index contributed by atoms with van der Waals surface area (Å²) in [7, 11) is 2.01. The fourth-order valence-corrected chi connectivity index (χ4v) is 2.77. The SMILES string of the molecule is CC(NCC1(CO)CCCC1)c1nccn1C. The summed E-state index contributed by atoms with van der Waals surface area (Å²) >= 11 is 0. The summed E-state index contributed by atoms with van der Waals surface area (Å²) in [4.78, 5) is 4.35. The average Bonchev–Trinajstić information content (AvgIpc) is 2.95. The van der Waals surface area contributed by atoms with Gasteiger partial charge in [-0.05, 0) is 19.8 Å². The van der Waals surface area contributed by atoms with Crippen molar-refractivity contribution in [2.24, 2.45) is 12.5 Å². The monoisotopic (exact) mass is 237 g/mol. The highest BCUT2D eigenvalue weighted by molar-refractivity contribution is 4.98. The first-order valence-corrected chi connectivity index (χ1v) is 6.48. The van der Waals surface area contributed by atoms with Crippen LogP contribution in [0.1, 0.15) is 44.5 Å². The summed E-state index contributed by atoms with van der Waals surface area (Å²) in [6, 6.07) is 0.235. The highest BCUT2D eigenvalue weighted by Crippen LogP contribution is 2.37. The summed E-state index contributed by atoms with van der Waals surface area (Å²) in [6.45, 7) is 3.31. The third kappa shape index (κ3) is 2.69. The Morgan fingerprint density at radius 1 is 1.53 bits per heavy atom. The molecular weight excluding hydrogens is 214 g/mol. The Morgan fingerprint density at radius 2 is 2.24 bits per heavy atom. The van der Waals surface area contributed by atoms with Gasteiger partial charge in [0.1, 0.15) is 5.82 Å². The first-order valence-electron chi connectivity index (χ1n) is 6.48. The lowest BCUT2D eigenvalue weighted by molar-refractivity contribution is 0.125. The second-order valence-electron chi connectivity index (χ2n) is 5.36. The molecule has 0 aliphatic heterocycles. The molecule has 96 valence electrons. The van der Waals surface area contributed by atoms with Gasteiger partial charge in [0, 0.05) is 38.0 Å². The van der Waals surface area contributed by atoms with E-state index in [2.05, 4.69) is 17.2 Å². The van der Waals surface area contributed by atoms with Crippen molar-refractivity contribution in [3.05, 3.63) is 18.2 Å². The van der Waals surface area contributed by atoms with E-state index in [-0.39, 0.29) is 11.5 Å². The molecule has 2 N–H and O–H groups in total.